The molecule has 0 unspecified atom stereocenters. The molecule has 2 rings (SSSR count). The normalized spacial score (nSPS) is 10.2. The molecule has 0 aliphatic heterocycles. The number of anilines is 1. The molecule has 1 amide bonds. The second-order valence-electron chi connectivity index (χ2n) is 3.69. The van der Waals surface area contributed by atoms with Crippen molar-refractivity contribution < 1.29 is 4.79 Å². The minimum absolute atomic E-state index is 0.134. The lowest BCUT2D eigenvalue weighted by Crippen LogP contribution is -2.22. The first-order chi connectivity index (χ1) is 8.15. The van der Waals surface area contributed by atoms with Crippen LogP contribution in [-0.2, 0) is 6.54 Å². The van der Waals surface area contributed by atoms with Crippen LogP contribution in [-0.4, -0.2) is 10.9 Å². The molecule has 0 atom stereocenters. The zero-order chi connectivity index (χ0) is 12.3. The first kappa shape index (κ1) is 11.6. The van der Waals surface area contributed by atoms with Gasteiger partial charge in [-0.25, -0.2) is 4.98 Å². The van der Waals surface area contributed by atoms with Gasteiger partial charge in [-0.05, 0) is 25.1 Å². The van der Waals surface area contributed by atoms with Gasteiger partial charge in [0.15, 0.2) is 0 Å². The molecule has 1 heterocycles. The third-order valence-corrected chi connectivity index (χ3v) is 3.18. The van der Waals surface area contributed by atoms with E-state index in [0.29, 0.717) is 17.8 Å². The molecule has 88 valence electrons. The highest BCUT2D eigenvalue weighted by Crippen LogP contribution is 2.09. The van der Waals surface area contributed by atoms with E-state index in [1.54, 1.807) is 24.3 Å². The number of nitrogens with two attached hydrogens (primary N) is 1. The first-order valence-corrected chi connectivity index (χ1v) is 6.08. The number of nitrogens with one attached hydrogen (secondary N) is 1. The summed E-state index contributed by atoms with van der Waals surface area (Å²) in [6, 6.07) is 6.90. The Labute approximate surface area is 103 Å². The van der Waals surface area contributed by atoms with E-state index in [1.165, 1.54) is 11.3 Å². The van der Waals surface area contributed by atoms with Gasteiger partial charge in [-0.1, -0.05) is 6.07 Å². The molecule has 4 nitrogen and oxygen atoms in total. The molecule has 0 saturated carbocycles. The van der Waals surface area contributed by atoms with E-state index >= 15 is 0 Å². The molecule has 3 N–H and O–H groups in total. The molecule has 0 radical (unpaired) electrons. The van der Waals surface area contributed by atoms with Gasteiger partial charge in [-0.3, -0.25) is 4.79 Å². The van der Waals surface area contributed by atoms with Crippen LogP contribution in [0.2, 0.25) is 0 Å². The number of carbonyl (C=O) groups is 1. The van der Waals surface area contributed by atoms with Crippen LogP contribution in [0.4, 0.5) is 5.69 Å². The smallest absolute Gasteiger partial charge is 0.251 e. The molecular formula is C12H13N3OS. The number of amides is 1. The highest BCUT2D eigenvalue weighted by molar-refractivity contribution is 7.09. The van der Waals surface area contributed by atoms with Crippen LogP contribution in [0.15, 0.2) is 29.6 Å². The lowest BCUT2D eigenvalue weighted by molar-refractivity contribution is 0.0951. The van der Waals surface area contributed by atoms with Gasteiger partial charge in [0.2, 0.25) is 0 Å². The average molecular weight is 247 g/mol. The lowest BCUT2D eigenvalue weighted by atomic mass is 10.2. The van der Waals surface area contributed by atoms with Crippen molar-refractivity contribution in [3.05, 3.63) is 45.9 Å². The van der Waals surface area contributed by atoms with E-state index in [0.717, 1.165) is 10.7 Å². The van der Waals surface area contributed by atoms with Gasteiger partial charge in [-0.2, -0.15) is 0 Å². The molecule has 1 aromatic heterocycles. The van der Waals surface area contributed by atoms with Crippen LogP contribution >= 0.6 is 11.3 Å². The Kier molecular flexibility index (Phi) is 3.39. The van der Waals surface area contributed by atoms with Crippen molar-refractivity contribution in [2.24, 2.45) is 0 Å². The zero-order valence-corrected chi connectivity index (χ0v) is 10.3. The average Bonchev–Trinajstić information content (AvgIpc) is 2.72. The summed E-state index contributed by atoms with van der Waals surface area (Å²) in [5.41, 5.74) is 7.75. The van der Waals surface area contributed by atoms with Crippen LogP contribution in [0.25, 0.3) is 0 Å². The minimum atomic E-state index is -0.134. The van der Waals surface area contributed by atoms with Gasteiger partial charge in [-0.15, -0.1) is 11.3 Å². The first-order valence-electron chi connectivity index (χ1n) is 5.20. The van der Waals surface area contributed by atoms with E-state index in [9.17, 15) is 4.79 Å². The molecule has 0 fully saturated rings. The maximum Gasteiger partial charge on any atom is 0.251 e. The topological polar surface area (TPSA) is 68.0 Å². The maximum absolute atomic E-state index is 11.8. The van der Waals surface area contributed by atoms with E-state index in [2.05, 4.69) is 10.3 Å². The lowest BCUT2D eigenvalue weighted by Gasteiger charge is -2.03. The number of rotatable bonds is 3. The predicted molar refractivity (Wildman–Crippen MR) is 68.9 cm³/mol. The van der Waals surface area contributed by atoms with Crippen molar-refractivity contribution in [1.29, 1.82) is 0 Å². The van der Waals surface area contributed by atoms with Gasteiger partial charge in [0.25, 0.3) is 5.91 Å². The predicted octanol–water partition coefficient (Wildman–Crippen LogP) is 1.96. The molecule has 0 aliphatic rings. The third kappa shape index (κ3) is 3.04. The van der Waals surface area contributed by atoms with E-state index in [-0.39, 0.29) is 5.91 Å². The summed E-state index contributed by atoms with van der Waals surface area (Å²) >= 11 is 1.54. The Balaban J connectivity index is 1.98. The van der Waals surface area contributed by atoms with E-state index < -0.39 is 0 Å². The molecule has 0 aliphatic carbocycles. The third-order valence-electron chi connectivity index (χ3n) is 2.22. The number of carbonyl (C=O) groups excluding carboxylic acids is 1. The number of hydrogen-bond acceptors (Lipinski definition) is 4. The van der Waals surface area contributed by atoms with Gasteiger partial charge >= 0.3 is 0 Å². The molecule has 17 heavy (non-hydrogen) atoms. The summed E-state index contributed by atoms with van der Waals surface area (Å²) in [5, 5.41) is 5.67. The Hall–Kier alpha value is -1.88. The molecule has 0 saturated heterocycles. The fourth-order valence-corrected chi connectivity index (χ4v) is 2.13. The number of nitrogen functional groups attached to an aromatic ring is 1. The van der Waals surface area contributed by atoms with Gasteiger partial charge in [0.05, 0.1) is 6.54 Å². The number of aryl methyl sites for hydroxylation is 1. The van der Waals surface area contributed by atoms with Gasteiger partial charge in [0, 0.05) is 22.3 Å². The number of nitrogens with zero attached hydrogens (tertiary/aromatic N) is 1. The van der Waals surface area contributed by atoms with Crippen LogP contribution in [0.3, 0.4) is 0 Å². The summed E-state index contributed by atoms with van der Waals surface area (Å²) in [4.78, 5) is 16.1. The largest absolute Gasteiger partial charge is 0.399 e. The van der Waals surface area contributed by atoms with Crippen molar-refractivity contribution in [3.63, 3.8) is 0 Å². The second-order valence-corrected chi connectivity index (χ2v) is 4.63. The number of aromatic nitrogens is 1. The Morgan fingerprint density at radius 2 is 2.35 bits per heavy atom. The summed E-state index contributed by atoms with van der Waals surface area (Å²) in [5.74, 6) is -0.134. The molecule has 5 heteroatoms. The number of hydrogen-bond donors (Lipinski definition) is 2. The van der Waals surface area contributed by atoms with Crippen molar-refractivity contribution in [2.75, 3.05) is 5.73 Å². The fraction of sp³-hybridized carbons (Fsp3) is 0.167. The Bertz CT molecular complexity index is 536. The van der Waals surface area contributed by atoms with Crippen molar-refractivity contribution in [1.82, 2.24) is 10.3 Å². The van der Waals surface area contributed by atoms with E-state index in [4.69, 9.17) is 5.73 Å². The fourth-order valence-electron chi connectivity index (χ4n) is 1.42. The zero-order valence-electron chi connectivity index (χ0n) is 9.43. The van der Waals surface area contributed by atoms with Crippen molar-refractivity contribution >= 4 is 22.9 Å². The summed E-state index contributed by atoms with van der Waals surface area (Å²) < 4.78 is 0. The highest BCUT2D eigenvalue weighted by atomic mass is 32.1. The molecule has 1 aromatic carbocycles. The number of thiazole rings is 1. The summed E-state index contributed by atoms with van der Waals surface area (Å²) in [6.45, 7) is 2.38. The van der Waals surface area contributed by atoms with Crippen LogP contribution in [0.5, 0.6) is 0 Å². The highest BCUT2D eigenvalue weighted by Gasteiger charge is 2.06. The van der Waals surface area contributed by atoms with Crippen LogP contribution < -0.4 is 11.1 Å². The molecule has 0 spiro atoms. The van der Waals surface area contributed by atoms with E-state index in [1.807, 2.05) is 12.3 Å². The minimum Gasteiger partial charge on any atom is -0.399 e. The van der Waals surface area contributed by atoms with Crippen LogP contribution in [0.1, 0.15) is 21.1 Å². The quantitative estimate of drug-likeness (QED) is 0.815. The van der Waals surface area contributed by atoms with Gasteiger partial charge in [0.1, 0.15) is 5.01 Å². The molecule has 2 aromatic rings. The van der Waals surface area contributed by atoms with Gasteiger partial charge < -0.3 is 11.1 Å². The molecule has 0 bridgehead atoms. The van der Waals surface area contributed by atoms with Crippen LogP contribution in [0, 0.1) is 6.92 Å². The SMILES string of the molecule is Cc1csc(CNC(=O)c2cccc(N)c2)n1. The Morgan fingerprint density at radius 3 is 3.00 bits per heavy atom. The Morgan fingerprint density at radius 1 is 1.53 bits per heavy atom. The summed E-state index contributed by atoms with van der Waals surface area (Å²) in [6.07, 6.45) is 0. The maximum atomic E-state index is 11.8. The monoisotopic (exact) mass is 247 g/mol. The second kappa shape index (κ2) is 4.97. The number of benzene rings is 1. The van der Waals surface area contributed by atoms with Crippen molar-refractivity contribution in [2.45, 2.75) is 13.5 Å². The molecular weight excluding hydrogens is 234 g/mol. The summed E-state index contributed by atoms with van der Waals surface area (Å²) in [7, 11) is 0. The van der Waals surface area contributed by atoms with Crippen molar-refractivity contribution in [3.8, 4) is 0 Å². The standard InChI is InChI=1S/C12H13N3OS/c1-8-7-17-11(15-8)6-14-12(16)9-3-2-4-10(13)5-9/h2-5,7H,6,13H2,1H3,(H,14,16).